The maximum Gasteiger partial charge on any atom is 0.243 e. The summed E-state index contributed by atoms with van der Waals surface area (Å²) in [4.78, 5) is 14.5. The van der Waals surface area contributed by atoms with Crippen molar-refractivity contribution in [1.82, 2.24) is 14.5 Å². The number of anilines is 1. The lowest BCUT2D eigenvalue weighted by Gasteiger charge is -2.26. The van der Waals surface area contributed by atoms with E-state index in [9.17, 15) is 13.2 Å². The summed E-state index contributed by atoms with van der Waals surface area (Å²) in [5.41, 5.74) is 0.625. The summed E-state index contributed by atoms with van der Waals surface area (Å²) in [6.07, 6.45) is 4.01. The van der Waals surface area contributed by atoms with Gasteiger partial charge in [0.15, 0.2) is 0 Å². The van der Waals surface area contributed by atoms with Crippen molar-refractivity contribution in [3.63, 3.8) is 0 Å². The molecular formula is C18H30Cl2N4O3S. The zero-order valence-corrected chi connectivity index (χ0v) is 18.4. The summed E-state index contributed by atoms with van der Waals surface area (Å²) < 4.78 is 27.1. The summed E-state index contributed by atoms with van der Waals surface area (Å²) in [5.74, 6) is -0.0741. The highest BCUT2D eigenvalue weighted by Crippen LogP contribution is 2.21. The van der Waals surface area contributed by atoms with E-state index in [2.05, 4.69) is 15.5 Å². The van der Waals surface area contributed by atoms with Crippen LogP contribution in [0.3, 0.4) is 0 Å². The minimum absolute atomic E-state index is 0. The van der Waals surface area contributed by atoms with Crippen LogP contribution < -0.4 is 10.6 Å². The van der Waals surface area contributed by atoms with Crippen LogP contribution in [0.1, 0.15) is 25.7 Å². The minimum atomic E-state index is -3.45. The van der Waals surface area contributed by atoms with Gasteiger partial charge in [0.1, 0.15) is 0 Å². The third-order valence-electron chi connectivity index (χ3n) is 4.92. The number of halogens is 2. The smallest absolute Gasteiger partial charge is 0.243 e. The fourth-order valence-corrected chi connectivity index (χ4v) is 4.93. The number of carbonyl (C=O) groups excluding carboxylic acids is 1. The molecular weight excluding hydrogens is 423 g/mol. The van der Waals surface area contributed by atoms with Crippen LogP contribution in [0.5, 0.6) is 0 Å². The number of piperazine rings is 1. The number of sulfonamides is 1. The van der Waals surface area contributed by atoms with Gasteiger partial charge in [0, 0.05) is 45.0 Å². The number of nitrogens with zero attached hydrogens (tertiary/aromatic N) is 2. The van der Waals surface area contributed by atoms with Crippen LogP contribution in [0, 0.1) is 0 Å². The molecule has 2 N–H and O–H groups in total. The topological polar surface area (TPSA) is 81.8 Å². The first kappa shape index (κ1) is 25.1. The zero-order chi connectivity index (χ0) is 18.4. The van der Waals surface area contributed by atoms with Gasteiger partial charge < -0.3 is 10.6 Å². The second-order valence-corrected chi connectivity index (χ2v) is 8.85. The van der Waals surface area contributed by atoms with Gasteiger partial charge in [-0.15, -0.1) is 24.8 Å². The molecule has 0 radical (unpaired) electrons. The highest BCUT2D eigenvalue weighted by Gasteiger charge is 2.25. The van der Waals surface area contributed by atoms with Crippen molar-refractivity contribution in [2.24, 2.45) is 0 Å². The predicted molar refractivity (Wildman–Crippen MR) is 116 cm³/mol. The Bertz CT molecular complexity index is 702. The summed E-state index contributed by atoms with van der Waals surface area (Å²) in [7, 11) is -3.45. The van der Waals surface area contributed by atoms with Crippen LogP contribution in [0.4, 0.5) is 5.69 Å². The first-order valence-corrected chi connectivity index (χ1v) is 10.8. The van der Waals surface area contributed by atoms with E-state index in [0.717, 1.165) is 51.9 Å². The number of benzene rings is 1. The monoisotopic (exact) mass is 452 g/mol. The standard InChI is InChI=1S/C18H28N4O3S.2ClH/c23-18(15-21-13-9-19-10-14-21)20-16-5-7-17(8-6-16)26(24,25)22-11-3-1-2-4-12-22;;/h5-8,19H,1-4,9-15H2,(H,20,23);2*1H. The first-order chi connectivity index (χ1) is 12.6. The zero-order valence-electron chi connectivity index (χ0n) is 15.9. The van der Waals surface area contributed by atoms with Crippen LogP contribution >= 0.6 is 24.8 Å². The first-order valence-electron chi connectivity index (χ1n) is 9.39. The van der Waals surface area contributed by atoms with Crippen LogP contribution in [-0.2, 0) is 14.8 Å². The Morgan fingerprint density at radius 1 is 0.929 bits per heavy atom. The largest absolute Gasteiger partial charge is 0.325 e. The Morgan fingerprint density at radius 2 is 1.50 bits per heavy atom. The molecule has 0 saturated carbocycles. The Labute approximate surface area is 180 Å². The second-order valence-electron chi connectivity index (χ2n) is 6.92. The molecule has 1 aromatic rings. The quantitative estimate of drug-likeness (QED) is 0.712. The van der Waals surface area contributed by atoms with Crippen LogP contribution in [0.25, 0.3) is 0 Å². The van der Waals surface area contributed by atoms with Crippen molar-refractivity contribution in [3.05, 3.63) is 24.3 Å². The number of carbonyl (C=O) groups is 1. The SMILES string of the molecule is Cl.Cl.O=C(CN1CCNCC1)Nc1ccc(S(=O)(=O)N2CCCCCC2)cc1. The maximum atomic E-state index is 12.8. The van der Waals surface area contributed by atoms with Gasteiger partial charge in [-0.05, 0) is 37.1 Å². The predicted octanol–water partition coefficient (Wildman–Crippen LogP) is 1.94. The normalized spacial score (nSPS) is 19.0. The average Bonchev–Trinajstić information content (AvgIpc) is 2.93. The lowest BCUT2D eigenvalue weighted by Crippen LogP contribution is -2.46. The number of hydrogen-bond donors (Lipinski definition) is 2. The van der Waals surface area contributed by atoms with Gasteiger partial charge in [-0.2, -0.15) is 4.31 Å². The molecule has 0 unspecified atom stereocenters. The van der Waals surface area contributed by atoms with Crippen LogP contribution in [-0.4, -0.2) is 69.3 Å². The van der Waals surface area contributed by atoms with Gasteiger partial charge in [-0.25, -0.2) is 8.42 Å². The molecule has 7 nitrogen and oxygen atoms in total. The number of rotatable bonds is 5. The third kappa shape index (κ3) is 6.86. The van der Waals surface area contributed by atoms with Gasteiger partial charge in [-0.1, -0.05) is 12.8 Å². The highest BCUT2D eigenvalue weighted by atomic mass is 35.5. The Balaban J connectivity index is 0.00000196. The van der Waals surface area contributed by atoms with Crippen molar-refractivity contribution < 1.29 is 13.2 Å². The molecule has 0 aliphatic carbocycles. The molecule has 2 aliphatic rings. The molecule has 1 aromatic carbocycles. The fourth-order valence-electron chi connectivity index (χ4n) is 3.41. The lowest BCUT2D eigenvalue weighted by molar-refractivity contribution is -0.117. The van der Waals surface area contributed by atoms with E-state index in [1.54, 1.807) is 28.6 Å². The Kier molecular flexibility index (Phi) is 10.7. The molecule has 2 fully saturated rings. The van der Waals surface area contributed by atoms with Gasteiger partial charge in [0.25, 0.3) is 0 Å². The van der Waals surface area contributed by atoms with E-state index < -0.39 is 10.0 Å². The molecule has 0 bridgehead atoms. The maximum absolute atomic E-state index is 12.8. The third-order valence-corrected chi connectivity index (χ3v) is 6.83. The van der Waals surface area contributed by atoms with Crippen molar-refractivity contribution in [1.29, 1.82) is 0 Å². The highest BCUT2D eigenvalue weighted by molar-refractivity contribution is 7.89. The van der Waals surface area contributed by atoms with Crippen molar-refractivity contribution in [2.75, 3.05) is 51.1 Å². The minimum Gasteiger partial charge on any atom is -0.325 e. The Morgan fingerprint density at radius 3 is 2.07 bits per heavy atom. The van der Waals surface area contributed by atoms with E-state index >= 15 is 0 Å². The summed E-state index contributed by atoms with van der Waals surface area (Å²) in [6.45, 7) is 5.06. The van der Waals surface area contributed by atoms with Gasteiger partial charge in [-0.3, -0.25) is 9.69 Å². The van der Waals surface area contributed by atoms with Crippen molar-refractivity contribution >= 4 is 46.4 Å². The molecule has 0 atom stereocenters. The summed E-state index contributed by atoms with van der Waals surface area (Å²) in [5, 5.41) is 6.10. The molecule has 2 heterocycles. The summed E-state index contributed by atoms with van der Waals surface area (Å²) >= 11 is 0. The molecule has 3 rings (SSSR count). The molecule has 2 saturated heterocycles. The summed E-state index contributed by atoms with van der Waals surface area (Å²) in [6, 6.07) is 6.50. The fraction of sp³-hybridized carbons (Fsp3) is 0.611. The lowest BCUT2D eigenvalue weighted by atomic mass is 10.2. The number of nitrogens with one attached hydrogen (secondary N) is 2. The van der Waals surface area contributed by atoms with E-state index in [4.69, 9.17) is 0 Å². The molecule has 160 valence electrons. The number of amides is 1. The average molecular weight is 453 g/mol. The molecule has 28 heavy (non-hydrogen) atoms. The van der Waals surface area contributed by atoms with Crippen molar-refractivity contribution in [3.8, 4) is 0 Å². The van der Waals surface area contributed by atoms with E-state index in [1.165, 1.54) is 0 Å². The van der Waals surface area contributed by atoms with Crippen LogP contribution in [0.15, 0.2) is 29.2 Å². The van der Waals surface area contributed by atoms with Crippen molar-refractivity contribution in [2.45, 2.75) is 30.6 Å². The Hall–Kier alpha value is -0.900. The second kappa shape index (κ2) is 11.9. The molecule has 0 spiro atoms. The van der Waals surface area contributed by atoms with E-state index in [1.807, 2.05) is 0 Å². The number of hydrogen-bond acceptors (Lipinski definition) is 5. The molecule has 10 heteroatoms. The van der Waals surface area contributed by atoms with E-state index in [-0.39, 0.29) is 30.7 Å². The van der Waals surface area contributed by atoms with Gasteiger partial charge >= 0.3 is 0 Å². The van der Waals surface area contributed by atoms with Gasteiger partial charge in [0.05, 0.1) is 11.4 Å². The van der Waals surface area contributed by atoms with Crippen LogP contribution in [0.2, 0.25) is 0 Å². The van der Waals surface area contributed by atoms with Gasteiger partial charge in [0.2, 0.25) is 15.9 Å². The molecule has 2 aliphatic heterocycles. The molecule has 1 amide bonds. The molecule has 0 aromatic heterocycles. The van der Waals surface area contributed by atoms with E-state index in [0.29, 0.717) is 30.2 Å².